The van der Waals surface area contributed by atoms with E-state index in [1.165, 1.54) is 4.90 Å². The summed E-state index contributed by atoms with van der Waals surface area (Å²) in [5, 5.41) is 9.83. The normalized spacial score (nSPS) is 26.6. The van der Waals surface area contributed by atoms with Gasteiger partial charge in [0.1, 0.15) is 6.61 Å². The second-order valence-corrected chi connectivity index (χ2v) is 7.94. The van der Waals surface area contributed by atoms with Gasteiger partial charge in [-0.25, -0.2) is 9.59 Å². The van der Waals surface area contributed by atoms with Crippen molar-refractivity contribution in [2.24, 2.45) is 0 Å². The molecule has 1 heterocycles. The lowest BCUT2D eigenvalue weighted by Gasteiger charge is -2.46. The van der Waals surface area contributed by atoms with E-state index in [-0.39, 0.29) is 17.9 Å². The molecule has 5 nitrogen and oxygen atoms in total. The van der Waals surface area contributed by atoms with E-state index in [2.05, 4.69) is 0 Å². The average molecular weight is 349 g/mol. The van der Waals surface area contributed by atoms with E-state index in [0.29, 0.717) is 6.42 Å². The van der Waals surface area contributed by atoms with Gasteiger partial charge < -0.3 is 9.84 Å². The molecule has 1 aliphatic carbocycles. The number of amides is 1. The second kappa shape index (κ2) is 7.05. The molecule has 0 radical (unpaired) electrons. The van der Waals surface area contributed by atoms with Crippen molar-refractivity contribution >= 4 is 23.8 Å². The van der Waals surface area contributed by atoms with Crippen molar-refractivity contribution in [2.45, 2.75) is 56.0 Å². The van der Waals surface area contributed by atoms with Crippen LogP contribution in [0.5, 0.6) is 0 Å². The number of thioether (sulfide) groups is 1. The largest absolute Gasteiger partial charge is 0.479 e. The molecule has 1 saturated heterocycles. The Balaban J connectivity index is 1.80. The summed E-state index contributed by atoms with van der Waals surface area (Å²) in [5.74, 6) is 0.0269. The van der Waals surface area contributed by atoms with Crippen molar-refractivity contribution in [2.75, 3.05) is 5.75 Å². The van der Waals surface area contributed by atoms with Gasteiger partial charge in [-0.1, -0.05) is 37.3 Å². The Morgan fingerprint density at radius 1 is 1.33 bits per heavy atom. The van der Waals surface area contributed by atoms with Crippen molar-refractivity contribution < 1.29 is 19.4 Å². The first-order valence-electron chi connectivity index (χ1n) is 8.40. The number of ether oxygens (including phenoxy) is 1. The van der Waals surface area contributed by atoms with E-state index in [1.807, 2.05) is 37.3 Å². The lowest BCUT2D eigenvalue weighted by atomic mass is 9.87. The molecule has 1 amide bonds. The fraction of sp³-hybridized carbons (Fsp3) is 0.556. The minimum Gasteiger partial charge on any atom is -0.479 e. The molecule has 24 heavy (non-hydrogen) atoms. The van der Waals surface area contributed by atoms with Crippen LogP contribution in [-0.4, -0.2) is 44.7 Å². The molecule has 0 bridgehead atoms. The van der Waals surface area contributed by atoms with Gasteiger partial charge >= 0.3 is 12.1 Å². The maximum Gasteiger partial charge on any atom is 0.411 e. The van der Waals surface area contributed by atoms with Crippen molar-refractivity contribution in [3.63, 3.8) is 0 Å². The molecule has 1 saturated carbocycles. The molecular formula is C18H23NO4S. The molecule has 1 N–H and O–H groups in total. The van der Waals surface area contributed by atoms with Crippen molar-refractivity contribution in [1.82, 2.24) is 4.90 Å². The number of nitrogens with zero attached hydrogens (tertiary/aromatic N) is 1. The highest BCUT2D eigenvalue weighted by atomic mass is 32.2. The third-order valence-electron chi connectivity index (χ3n) is 4.86. The summed E-state index contributed by atoms with van der Waals surface area (Å²) >= 11 is 1.63. The first-order chi connectivity index (χ1) is 11.6. The molecule has 2 aliphatic rings. The Morgan fingerprint density at radius 2 is 2.04 bits per heavy atom. The molecular weight excluding hydrogens is 326 g/mol. The van der Waals surface area contributed by atoms with Gasteiger partial charge in [-0.2, -0.15) is 11.8 Å². The van der Waals surface area contributed by atoms with Crippen LogP contribution < -0.4 is 0 Å². The van der Waals surface area contributed by atoms with E-state index in [4.69, 9.17) is 4.74 Å². The molecule has 3 rings (SSSR count). The number of rotatable bonds is 5. The summed E-state index contributed by atoms with van der Waals surface area (Å²) in [7, 11) is 0. The highest BCUT2D eigenvalue weighted by Gasteiger charge is 2.57. The Morgan fingerprint density at radius 3 is 2.62 bits per heavy atom. The van der Waals surface area contributed by atoms with Crippen LogP contribution in [0.3, 0.4) is 0 Å². The van der Waals surface area contributed by atoms with Gasteiger partial charge in [-0.3, -0.25) is 4.90 Å². The quantitative estimate of drug-likeness (QED) is 0.881. The number of aliphatic carboxylic acids is 1. The van der Waals surface area contributed by atoms with Crippen molar-refractivity contribution in [1.29, 1.82) is 0 Å². The van der Waals surface area contributed by atoms with E-state index in [0.717, 1.165) is 30.6 Å². The Bertz CT molecular complexity index is 604. The third kappa shape index (κ3) is 3.24. The first-order valence-corrected chi connectivity index (χ1v) is 9.45. The van der Waals surface area contributed by atoms with Gasteiger partial charge in [0, 0.05) is 11.3 Å². The Kier molecular flexibility index (Phi) is 5.04. The summed E-state index contributed by atoms with van der Waals surface area (Å²) in [6.45, 7) is 2.08. The summed E-state index contributed by atoms with van der Waals surface area (Å²) < 4.78 is 5.48. The maximum absolute atomic E-state index is 12.8. The average Bonchev–Trinajstić information content (AvgIpc) is 3.40. The fourth-order valence-electron chi connectivity index (χ4n) is 3.40. The van der Waals surface area contributed by atoms with Crippen LogP contribution in [0, 0.1) is 0 Å². The van der Waals surface area contributed by atoms with Crippen LogP contribution in [0.15, 0.2) is 30.3 Å². The molecule has 130 valence electrons. The van der Waals surface area contributed by atoms with E-state index in [1.54, 1.807) is 11.8 Å². The second-order valence-electron chi connectivity index (χ2n) is 6.49. The van der Waals surface area contributed by atoms with E-state index < -0.39 is 17.6 Å². The van der Waals surface area contributed by atoms with Gasteiger partial charge in [0.15, 0.2) is 5.54 Å². The Hall–Kier alpha value is -1.69. The number of benzene rings is 1. The highest BCUT2D eigenvalue weighted by molar-refractivity contribution is 8.00. The number of carbonyl (C=O) groups excluding carboxylic acids is 1. The Labute approximate surface area is 146 Å². The zero-order chi connectivity index (χ0) is 17.2. The molecule has 2 atom stereocenters. The van der Waals surface area contributed by atoms with Crippen molar-refractivity contribution in [3.05, 3.63) is 35.9 Å². The standard InChI is InChI=1S/C18H23NO4S/c1-13-18(16(20)21,10-5-11-24-13)19(15-8-9-15)17(22)23-12-14-6-3-2-4-7-14/h2-4,6-7,13,15H,5,8-12H2,1H3,(H,20,21). The van der Waals surface area contributed by atoms with Gasteiger partial charge in [0.25, 0.3) is 0 Å². The van der Waals surface area contributed by atoms with Gasteiger partial charge in [-0.15, -0.1) is 0 Å². The minimum absolute atomic E-state index is 0.00877. The predicted molar refractivity (Wildman–Crippen MR) is 93.0 cm³/mol. The number of hydrogen-bond acceptors (Lipinski definition) is 4. The first kappa shape index (κ1) is 17.1. The highest BCUT2D eigenvalue weighted by Crippen LogP contribution is 2.44. The van der Waals surface area contributed by atoms with Gasteiger partial charge in [0.05, 0.1) is 0 Å². The maximum atomic E-state index is 12.8. The monoisotopic (exact) mass is 349 g/mol. The van der Waals surface area contributed by atoms with Crippen LogP contribution in [0.2, 0.25) is 0 Å². The van der Waals surface area contributed by atoms with Crippen LogP contribution in [0.4, 0.5) is 4.79 Å². The molecule has 2 fully saturated rings. The van der Waals surface area contributed by atoms with Gasteiger partial charge in [0.2, 0.25) is 0 Å². The summed E-state index contributed by atoms with van der Waals surface area (Å²) in [4.78, 5) is 26.5. The van der Waals surface area contributed by atoms with E-state index in [9.17, 15) is 14.7 Å². The molecule has 1 aromatic carbocycles. The zero-order valence-corrected chi connectivity index (χ0v) is 14.6. The topological polar surface area (TPSA) is 66.8 Å². The predicted octanol–water partition coefficient (Wildman–Crippen LogP) is 3.53. The zero-order valence-electron chi connectivity index (χ0n) is 13.8. The summed E-state index contributed by atoms with van der Waals surface area (Å²) in [6.07, 6.45) is 2.50. The number of hydrogen-bond donors (Lipinski definition) is 1. The van der Waals surface area contributed by atoms with E-state index >= 15 is 0 Å². The molecule has 2 unspecified atom stereocenters. The summed E-state index contributed by atoms with van der Waals surface area (Å²) in [5.41, 5.74) is -0.255. The number of carboxylic acids is 1. The number of carboxylic acid groups (broad SMARTS) is 1. The SMILES string of the molecule is CC1SCCCC1(C(=O)O)N(C(=O)OCc1ccccc1)C1CC1. The minimum atomic E-state index is -1.15. The third-order valence-corrected chi connectivity index (χ3v) is 6.27. The molecule has 0 spiro atoms. The lowest BCUT2D eigenvalue weighted by Crippen LogP contribution is -2.64. The molecule has 0 aromatic heterocycles. The van der Waals surface area contributed by atoms with Crippen LogP contribution in [0.25, 0.3) is 0 Å². The summed E-state index contributed by atoms with van der Waals surface area (Å²) in [6, 6.07) is 9.45. The van der Waals surface area contributed by atoms with Crippen LogP contribution in [-0.2, 0) is 16.1 Å². The van der Waals surface area contributed by atoms with Crippen LogP contribution in [0.1, 0.15) is 38.2 Å². The lowest BCUT2D eigenvalue weighted by molar-refractivity contribution is -0.151. The molecule has 1 aliphatic heterocycles. The van der Waals surface area contributed by atoms with Crippen LogP contribution >= 0.6 is 11.8 Å². The van der Waals surface area contributed by atoms with Gasteiger partial charge in [-0.05, 0) is 37.0 Å². The van der Waals surface area contributed by atoms with Crippen molar-refractivity contribution in [3.8, 4) is 0 Å². The fourth-order valence-corrected chi connectivity index (χ4v) is 4.67. The number of carbonyl (C=O) groups is 2. The molecule has 6 heteroatoms. The smallest absolute Gasteiger partial charge is 0.411 e. The molecule has 1 aromatic rings.